The largest absolute Gasteiger partial charge is 2.00 e. The Kier molecular flexibility index (Phi) is 208. The summed E-state index contributed by atoms with van der Waals surface area (Å²) in [5, 5.41) is 0. The molecule has 1 nitrogen and oxygen atoms in total. The normalized spacial score (nSPS) is 0. The van der Waals surface area contributed by atoms with Gasteiger partial charge in [-0.25, -0.2) is 0 Å². The van der Waals surface area contributed by atoms with Crippen molar-refractivity contribution in [3.05, 3.63) is 0 Å². The van der Waals surface area contributed by atoms with Gasteiger partial charge in [0.05, 0.1) is 0 Å². The zero-order chi connectivity index (χ0) is 0. The molecule has 0 heterocycles. The van der Waals surface area contributed by atoms with Crippen molar-refractivity contribution >= 4 is 23.1 Å². The van der Waals surface area contributed by atoms with Gasteiger partial charge in [0.2, 0.25) is 0 Å². The van der Waals surface area contributed by atoms with Crippen molar-refractivity contribution in [1.29, 1.82) is 0 Å². The third-order valence-electron chi connectivity index (χ3n) is 0. The molecule has 19 valence electrons. The van der Waals surface area contributed by atoms with Crippen molar-refractivity contribution in [2.24, 2.45) is 0 Å². The van der Waals surface area contributed by atoms with Crippen LogP contribution in [0.5, 0.6) is 0 Å². The van der Waals surface area contributed by atoms with Crippen LogP contribution in [0.4, 0.5) is 0 Å². The second-order valence-corrected chi connectivity index (χ2v) is 0. The maximum atomic E-state index is 0. The monoisotopic (exact) mass is 161 g/mol. The molecule has 0 aliphatic carbocycles. The van der Waals surface area contributed by atoms with E-state index in [1.165, 1.54) is 0 Å². The molecule has 0 spiro atoms. The Balaban J connectivity index is 0. The molecule has 0 N–H and O–H groups in total. The Morgan fingerprint density at radius 2 is 1.00 bits per heavy atom. The molecule has 0 aromatic heterocycles. The van der Waals surface area contributed by atoms with Gasteiger partial charge in [-0.2, -0.15) is 0 Å². The van der Waals surface area contributed by atoms with E-state index in [2.05, 4.69) is 0 Å². The quantitative estimate of drug-likeness (QED) is 0.408. The molecule has 0 aromatic carbocycles. The SMILES string of the molecule is [MgH2].[Mn+2].[O-2].[Zn]. The van der Waals surface area contributed by atoms with Gasteiger partial charge in [0, 0.05) is 19.5 Å². The summed E-state index contributed by atoms with van der Waals surface area (Å²) in [5.41, 5.74) is 0. The minimum atomic E-state index is 0. The van der Waals surface area contributed by atoms with Crippen LogP contribution in [0, 0.1) is 0 Å². The van der Waals surface area contributed by atoms with Gasteiger partial charge in [0.25, 0.3) is 0 Å². The molecule has 0 fully saturated rings. The summed E-state index contributed by atoms with van der Waals surface area (Å²) in [5.74, 6) is 0. The molecule has 0 atom stereocenters. The summed E-state index contributed by atoms with van der Waals surface area (Å²) in [6, 6.07) is 0. The van der Waals surface area contributed by atoms with E-state index in [1.807, 2.05) is 0 Å². The molecule has 0 amide bonds. The van der Waals surface area contributed by atoms with E-state index in [0.717, 1.165) is 0 Å². The Morgan fingerprint density at radius 3 is 1.00 bits per heavy atom. The van der Waals surface area contributed by atoms with Crippen LogP contribution in [-0.4, -0.2) is 23.1 Å². The summed E-state index contributed by atoms with van der Waals surface area (Å²) < 4.78 is 0. The molecule has 0 aliphatic rings. The zero-order valence-electron chi connectivity index (χ0n) is 1.49. The third-order valence-corrected chi connectivity index (χ3v) is 0. The van der Waals surface area contributed by atoms with Gasteiger partial charge < -0.3 is 5.48 Å². The van der Waals surface area contributed by atoms with Crippen LogP contribution in [0.15, 0.2) is 0 Å². The van der Waals surface area contributed by atoms with Gasteiger partial charge in [-0.3, -0.25) is 0 Å². The maximum absolute atomic E-state index is 0. The molecule has 0 unspecified atom stereocenters. The fraction of sp³-hybridized carbons (Fsp3) is 0. The van der Waals surface area contributed by atoms with Crippen molar-refractivity contribution in [3.63, 3.8) is 0 Å². The number of rotatable bonds is 0. The first-order valence-electron chi connectivity index (χ1n) is 0. The Labute approximate surface area is 64.6 Å². The van der Waals surface area contributed by atoms with Crippen LogP contribution in [-0.2, 0) is 42.0 Å². The molecule has 4 heavy (non-hydrogen) atoms. The van der Waals surface area contributed by atoms with Crippen molar-refractivity contribution in [2.75, 3.05) is 0 Å². The Morgan fingerprint density at radius 1 is 1.00 bits per heavy atom. The summed E-state index contributed by atoms with van der Waals surface area (Å²) in [4.78, 5) is 0. The summed E-state index contributed by atoms with van der Waals surface area (Å²) in [6.07, 6.45) is 0. The van der Waals surface area contributed by atoms with Gasteiger partial charge in [-0.05, 0) is 0 Å². The van der Waals surface area contributed by atoms with Crippen LogP contribution < -0.4 is 0 Å². The molecule has 0 saturated heterocycles. The van der Waals surface area contributed by atoms with Gasteiger partial charge in [-0.1, -0.05) is 0 Å². The van der Waals surface area contributed by atoms with Crippen LogP contribution in [0.2, 0.25) is 0 Å². The van der Waals surface area contributed by atoms with Gasteiger partial charge >= 0.3 is 40.1 Å². The molecular formula is H2MgMnOZn. The number of hydrogen-bond acceptors (Lipinski definition) is 0. The van der Waals surface area contributed by atoms with E-state index in [-0.39, 0.29) is 65.1 Å². The van der Waals surface area contributed by atoms with E-state index in [9.17, 15) is 0 Å². The summed E-state index contributed by atoms with van der Waals surface area (Å²) in [6.45, 7) is 0. The van der Waals surface area contributed by atoms with Crippen LogP contribution >= 0.6 is 0 Å². The molecule has 0 aliphatic heterocycles. The maximum Gasteiger partial charge on any atom is 2.00 e. The molecule has 0 rings (SSSR count). The minimum absolute atomic E-state index is 0. The fourth-order valence-corrected chi connectivity index (χ4v) is 0. The molecule has 4 heteroatoms. The first-order chi connectivity index (χ1) is 0. The molecule has 1 radical (unpaired) electrons. The molecule has 0 bridgehead atoms. The van der Waals surface area contributed by atoms with E-state index in [1.54, 1.807) is 0 Å². The third kappa shape index (κ3) is 9.12. The fourth-order valence-electron chi connectivity index (χ4n) is 0. The average molecular weight is 163 g/mol. The van der Waals surface area contributed by atoms with Gasteiger partial charge in [-0.15, -0.1) is 0 Å². The minimum Gasteiger partial charge on any atom is -2.00 e. The average Bonchev–Trinajstić information content (AvgIpc) is 0. The standard InChI is InChI=1S/Mg.Mn.O.Zn.2H/q;+2;-2;;;. The first kappa shape index (κ1) is 39.8. The summed E-state index contributed by atoms with van der Waals surface area (Å²) >= 11 is 0. The van der Waals surface area contributed by atoms with Crippen LogP contribution in [0.1, 0.15) is 0 Å². The van der Waals surface area contributed by atoms with Crippen LogP contribution in [0.25, 0.3) is 0 Å². The van der Waals surface area contributed by atoms with Crippen molar-refractivity contribution in [2.45, 2.75) is 0 Å². The Bertz CT molecular complexity index is 8.00. The smallest absolute Gasteiger partial charge is 2.00 e. The Hall–Kier alpha value is 1.87. The van der Waals surface area contributed by atoms with Crippen molar-refractivity contribution in [1.82, 2.24) is 0 Å². The predicted molar refractivity (Wildman–Crippen MR) is 9.23 cm³/mol. The van der Waals surface area contributed by atoms with Crippen LogP contribution in [0.3, 0.4) is 0 Å². The van der Waals surface area contributed by atoms with Crippen molar-refractivity contribution < 1.29 is 42.0 Å². The summed E-state index contributed by atoms with van der Waals surface area (Å²) in [7, 11) is 0. The number of hydrogen-bond donors (Lipinski definition) is 0. The van der Waals surface area contributed by atoms with Gasteiger partial charge in [0.1, 0.15) is 0 Å². The van der Waals surface area contributed by atoms with E-state index in [4.69, 9.17) is 0 Å². The zero-order valence-corrected chi connectivity index (χ0v) is 5.64. The second-order valence-electron chi connectivity index (χ2n) is 0. The predicted octanol–water partition coefficient (Wildman–Crippen LogP) is -1.04. The molecule has 0 aromatic rings. The first-order valence-corrected chi connectivity index (χ1v) is 0. The molecular weight excluding hydrogens is 161 g/mol. The van der Waals surface area contributed by atoms with E-state index in [0.29, 0.717) is 0 Å². The van der Waals surface area contributed by atoms with E-state index >= 15 is 0 Å². The van der Waals surface area contributed by atoms with Gasteiger partial charge in [0.15, 0.2) is 0 Å². The second kappa shape index (κ2) is 20.9. The van der Waals surface area contributed by atoms with Crippen molar-refractivity contribution in [3.8, 4) is 0 Å². The topological polar surface area (TPSA) is 28.5 Å². The van der Waals surface area contributed by atoms with E-state index < -0.39 is 0 Å². The molecule has 0 saturated carbocycles.